The van der Waals surface area contributed by atoms with Crippen molar-refractivity contribution < 1.29 is 14.3 Å². The van der Waals surface area contributed by atoms with Crippen molar-refractivity contribution in [2.75, 3.05) is 20.3 Å². The number of esters is 1. The van der Waals surface area contributed by atoms with Crippen LogP contribution in [0.5, 0.6) is 0 Å². The minimum absolute atomic E-state index is 0.345. The van der Waals surface area contributed by atoms with E-state index in [1.807, 2.05) is 0 Å². The monoisotopic (exact) mass is 178 g/mol. The smallest absolute Gasteiger partial charge is 0.327 e. The molecule has 0 aromatic heterocycles. The van der Waals surface area contributed by atoms with E-state index in [0.29, 0.717) is 26.1 Å². The van der Waals surface area contributed by atoms with Crippen LogP contribution in [0.3, 0.4) is 0 Å². The fraction of sp³-hybridized carbons (Fsp3) is 0.857. The van der Waals surface area contributed by atoms with Gasteiger partial charge in [0, 0.05) is 26.1 Å². The Hall–Kier alpha value is -0.280. The van der Waals surface area contributed by atoms with Gasteiger partial charge >= 0.3 is 5.97 Å². The largest absolute Gasteiger partial charge is 0.468 e. The molecule has 1 heterocycles. The van der Waals surface area contributed by atoms with E-state index in [4.69, 9.17) is 16.3 Å². The second-order valence-corrected chi connectivity index (χ2v) is 3.29. The molecule has 0 radical (unpaired) electrons. The van der Waals surface area contributed by atoms with Crippen LogP contribution >= 0.6 is 11.6 Å². The third-order valence-corrected chi connectivity index (χ3v) is 2.37. The molecule has 0 aromatic carbocycles. The fourth-order valence-electron chi connectivity index (χ4n) is 1.08. The summed E-state index contributed by atoms with van der Waals surface area (Å²) in [6.45, 7) is 1.08. The van der Waals surface area contributed by atoms with Crippen molar-refractivity contribution in [2.45, 2.75) is 17.7 Å². The van der Waals surface area contributed by atoms with Gasteiger partial charge in [0.25, 0.3) is 0 Å². The van der Waals surface area contributed by atoms with Crippen molar-refractivity contribution in [1.29, 1.82) is 0 Å². The zero-order valence-corrected chi connectivity index (χ0v) is 7.19. The molecule has 1 rings (SSSR count). The summed E-state index contributed by atoms with van der Waals surface area (Å²) in [4.78, 5) is 10.3. The molecule has 1 fully saturated rings. The Kier molecular flexibility index (Phi) is 2.73. The van der Waals surface area contributed by atoms with Crippen molar-refractivity contribution in [3.05, 3.63) is 0 Å². The van der Waals surface area contributed by atoms with Crippen LogP contribution in [0.4, 0.5) is 0 Å². The van der Waals surface area contributed by atoms with Crippen molar-refractivity contribution in [2.24, 2.45) is 0 Å². The highest BCUT2D eigenvalue weighted by molar-refractivity contribution is 6.34. The minimum Gasteiger partial charge on any atom is -0.468 e. The van der Waals surface area contributed by atoms with Gasteiger partial charge < -0.3 is 9.47 Å². The molecule has 0 saturated carbocycles. The standard InChI is InChI=1S/C7H11ClO3/c1-10-6(9)7(8)2-4-11-5-3-7/h2-5H2,1H3. The van der Waals surface area contributed by atoms with E-state index >= 15 is 0 Å². The third-order valence-electron chi connectivity index (χ3n) is 1.84. The van der Waals surface area contributed by atoms with Gasteiger partial charge in [0.05, 0.1) is 7.11 Å². The predicted octanol–water partition coefficient (Wildman–Crippen LogP) is 0.947. The quantitative estimate of drug-likeness (QED) is 0.443. The molecule has 0 amide bonds. The molecular formula is C7H11ClO3. The summed E-state index contributed by atoms with van der Waals surface area (Å²) >= 11 is 5.97. The van der Waals surface area contributed by atoms with Crippen molar-refractivity contribution in [1.82, 2.24) is 0 Å². The molecule has 3 nitrogen and oxygen atoms in total. The van der Waals surface area contributed by atoms with Crippen LogP contribution in [-0.4, -0.2) is 31.2 Å². The molecule has 0 bridgehead atoms. The number of carbonyl (C=O) groups excluding carboxylic acids is 1. The first kappa shape index (κ1) is 8.81. The van der Waals surface area contributed by atoms with Gasteiger partial charge in [-0.25, -0.2) is 0 Å². The summed E-state index contributed by atoms with van der Waals surface area (Å²) in [5, 5.41) is 0. The Morgan fingerprint density at radius 1 is 1.55 bits per heavy atom. The lowest BCUT2D eigenvalue weighted by Gasteiger charge is -2.27. The maximum Gasteiger partial charge on any atom is 0.327 e. The lowest BCUT2D eigenvalue weighted by molar-refractivity contribution is -0.146. The van der Waals surface area contributed by atoms with E-state index in [9.17, 15) is 4.79 Å². The summed E-state index contributed by atoms with van der Waals surface area (Å²) < 4.78 is 9.63. The van der Waals surface area contributed by atoms with Gasteiger partial charge in [0.2, 0.25) is 0 Å². The van der Waals surface area contributed by atoms with E-state index in [1.54, 1.807) is 0 Å². The van der Waals surface area contributed by atoms with Crippen molar-refractivity contribution >= 4 is 17.6 Å². The number of rotatable bonds is 1. The molecule has 0 unspecified atom stereocenters. The fourth-order valence-corrected chi connectivity index (χ4v) is 1.31. The van der Waals surface area contributed by atoms with Gasteiger partial charge in [-0.15, -0.1) is 11.6 Å². The van der Waals surface area contributed by atoms with E-state index in [1.165, 1.54) is 7.11 Å². The molecule has 4 heteroatoms. The minimum atomic E-state index is -0.826. The molecule has 1 aliphatic rings. The second-order valence-electron chi connectivity index (χ2n) is 2.57. The second kappa shape index (κ2) is 3.41. The van der Waals surface area contributed by atoms with Crippen molar-refractivity contribution in [3.8, 4) is 0 Å². The first-order valence-corrected chi connectivity index (χ1v) is 3.92. The Balaban J connectivity index is 2.56. The van der Waals surface area contributed by atoms with Gasteiger partial charge in [-0.05, 0) is 0 Å². The Labute approximate surface area is 70.6 Å². The zero-order valence-electron chi connectivity index (χ0n) is 6.43. The maximum atomic E-state index is 11.1. The average Bonchev–Trinajstić information content (AvgIpc) is 2.04. The first-order chi connectivity index (χ1) is 5.19. The summed E-state index contributed by atoms with van der Waals surface area (Å²) in [5.41, 5.74) is 0. The number of alkyl halides is 1. The lowest BCUT2D eigenvalue weighted by Crippen LogP contribution is -2.39. The normalized spacial score (nSPS) is 22.7. The molecular weight excluding hydrogens is 168 g/mol. The van der Waals surface area contributed by atoms with Crippen LogP contribution in [0.25, 0.3) is 0 Å². The van der Waals surface area contributed by atoms with Gasteiger partial charge in [0.1, 0.15) is 4.87 Å². The van der Waals surface area contributed by atoms with Gasteiger partial charge in [-0.1, -0.05) is 0 Å². The van der Waals surface area contributed by atoms with E-state index in [-0.39, 0.29) is 5.97 Å². The topological polar surface area (TPSA) is 35.5 Å². The highest BCUT2D eigenvalue weighted by atomic mass is 35.5. The summed E-state index contributed by atoms with van der Waals surface area (Å²) in [6, 6.07) is 0. The Morgan fingerprint density at radius 3 is 2.55 bits per heavy atom. The molecule has 0 spiro atoms. The van der Waals surface area contributed by atoms with E-state index in [0.717, 1.165) is 0 Å². The average molecular weight is 179 g/mol. The number of hydrogen-bond donors (Lipinski definition) is 0. The highest BCUT2D eigenvalue weighted by Gasteiger charge is 2.38. The van der Waals surface area contributed by atoms with E-state index in [2.05, 4.69) is 4.74 Å². The summed E-state index contributed by atoms with van der Waals surface area (Å²) in [6.07, 6.45) is 1.09. The molecule has 0 atom stereocenters. The van der Waals surface area contributed by atoms with Crippen LogP contribution < -0.4 is 0 Å². The van der Waals surface area contributed by atoms with Gasteiger partial charge in [-0.2, -0.15) is 0 Å². The molecule has 11 heavy (non-hydrogen) atoms. The molecule has 1 aliphatic heterocycles. The number of methoxy groups -OCH3 is 1. The Morgan fingerprint density at radius 2 is 2.09 bits per heavy atom. The molecule has 0 aliphatic carbocycles. The number of carbonyl (C=O) groups is 1. The van der Waals surface area contributed by atoms with Crippen LogP contribution in [0, 0.1) is 0 Å². The first-order valence-electron chi connectivity index (χ1n) is 3.54. The number of hydrogen-bond acceptors (Lipinski definition) is 3. The van der Waals surface area contributed by atoms with E-state index < -0.39 is 4.87 Å². The third kappa shape index (κ3) is 1.84. The lowest BCUT2D eigenvalue weighted by atomic mass is 10.00. The molecule has 0 N–H and O–H groups in total. The number of halogens is 1. The number of ether oxygens (including phenoxy) is 2. The maximum absolute atomic E-state index is 11.1. The summed E-state index contributed by atoms with van der Waals surface area (Å²) in [5.74, 6) is -0.345. The Bertz CT molecular complexity index is 152. The van der Waals surface area contributed by atoms with Crippen LogP contribution in [-0.2, 0) is 14.3 Å². The van der Waals surface area contributed by atoms with Crippen molar-refractivity contribution in [3.63, 3.8) is 0 Å². The SMILES string of the molecule is COC(=O)C1(Cl)CCOCC1. The highest BCUT2D eigenvalue weighted by Crippen LogP contribution is 2.29. The molecule has 1 saturated heterocycles. The predicted molar refractivity (Wildman–Crippen MR) is 40.7 cm³/mol. The summed E-state index contributed by atoms with van der Waals surface area (Å²) in [7, 11) is 1.35. The van der Waals surface area contributed by atoms with Gasteiger partial charge in [0.15, 0.2) is 0 Å². The van der Waals surface area contributed by atoms with Gasteiger partial charge in [-0.3, -0.25) is 4.79 Å². The molecule has 0 aromatic rings. The zero-order chi connectivity index (χ0) is 8.32. The van der Waals surface area contributed by atoms with Crippen LogP contribution in [0.1, 0.15) is 12.8 Å². The van der Waals surface area contributed by atoms with Crippen LogP contribution in [0.15, 0.2) is 0 Å². The van der Waals surface area contributed by atoms with Crippen LogP contribution in [0.2, 0.25) is 0 Å². The molecule has 64 valence electrons.